The summed E-state index contributed by atoms with van der Waals surface area (Å²) in [6.07, 6.45) is 9.72. The van der Waals surface area contributed by atoms with Crippen LogP contribution in [-0.2, 0) is 12.8 Å². The highest BCUT2D eigenvalue weighted by Crippen LogP contribution is 2.55. The zero-order valence-corrected chi connectivity index (χ0v) is 32.7. The first-order valence-corrected chi connectivity index (χ1v) is 25.0. The van der Waals surface area contributed by atoms with Crippen LogP contribution < -0.4 is 10.4 Å². The molecule has 0 atom stereocenters. The minimum Gasteiger partial charge on any atom is -0.0656 e. The number of hydrogen-bond donors (Lipinski definition) is 0. The number of benzene rings is 4. The first-order chi connectivity index (χ1) is 22.2. The summed E-state index contributed by atoms with van der Waals surface area (Å²) in [6, 6.07) is 33.1. The van der Waals surface area contributed by atoms with Gasteiger partial charge >= 0.3 is 0 Å². The predicted molar refractivity (Wildman–Crippen MR) is 214 cm³/mol. The molecule has 0 spiro atoms. The van der Waals surface area contributed by atoms with E-state index in [0.717, 1.165) is 12.8 Å². The van der Waals surface area contributed by atoms with Crippen molar-refractivity contribution in [2.45, 2.75) is 92.7 Å². The highest BCUT2D eigenvalue weighted by atomic mass is 28.3. The normalized spacial score (nSPS) is 14.8. The van der Waals surface area contributed by atoms with Crippen molar-refractivity contribution in [1.82, 2.24) is 0 Å². The zero-order chi connectivity index (χ0) is 33.7. The molecule has 244 valence electrons. The van der Waals surface area contributed by atoms with Crippen LogP contribution in [0.15, 0.2) is 96.1 Å². The third kappa shape index (κ3) is 6.74. The van der Waals surface area contributed by atoms with Crippen LogP contribution in [0.25, 0.3) is 34.4 Å². The van der Waals surface area contributed by atoms with E-state index in [1.807, 2.05) is 0 Å². The van der Waals surface area contributed by atoms with E-state index in [9.17, 15) is 0 Å². The summed E-state index contributed by atoms with van der Waals surface area (Å²) >= 11 is 0. The molecule has 0 N–H and O–H groups in total. The number of fused-ring (bicyclic) bond motifs is 2. The minimum atomic E-state index is -1.34. The molecule has 2 aliphatic rings. The van der Waals surface area contributed by atoms with Crippen LogP contribution >= 0.6 is 0 Å². The molecule has 0 unspecified atom stereocenters. The van der Waals surface area contributed by atoms with Crippen LogP contribution in [0.3, 0.4) is 0 Å². The van der Waals surface area contributed by atoms with Crippen LogP contribution in [0.2, 0.25) is 39.3 Å². The Morgan fingerprint density at radius 2 is 0.872 bits per heavy atom. The fourth-order valence-electron chi connectivity index (χ4n) is 8.36. The third-order valence-corrected chi connectivity index (χ3v) is 14.8. The standard InChI is InChI=1S/C45H56Si2/c1-31(2)29-45(30-32(3)4,37-25-35-13-11-15-41(43(35)27-37)33-17-21-39(22-18-33)46(5,6)7)38-26-36-14-12-16-42(44(36)28-38)34-19-23-40(24-20-34)47(8,9)10/h11-24,27-28,31-32H,25-26,29-30H2,1-10H3. The first-order valence-electron chi connectivity index (χ1n) is 18.0. The van der Waals surface area contributed by atoms with Gasteiger partial charge in [-0.1, -0.05) is 186 Å². The largest absolute Gasteiger partial charge is 0.0775 e. The summed E-state index contributed by atoms with van der Waals surface area (Å²) in [7, 11) is -2.68. The number of rotatable bonds is 10. The van der Waals surface area contributed by atoms with Crippen molar-refractivity contribution in [3.8, 4) is 22.3 Å². The van der Waals surface area contributed by atoms with E-state index in [2.05, 4.69) is 164 Å². The maximum absolute atomic E-state index is 2.63. The van der Waals surface area contributed by atoms with E-state index >= 15 is 0 Å². The fourth-order valence-corrected chi connectivity index (χ4v) is 10.7. The van der Waals surface area contributed by atoms with E-state index in [1.54, 1.807) is 11.1 Å². The van der Waals surface area contributed by atoms with E-state index in [4.69, 9.17) is 0 Å². The lowest BCUT2D eigenvalue weighted by atomic mass is 9.63. The summed E-state index contributed by atoms with van der Waals surface area (Å²) in [5.41, 5.74) is 14.6. The molecule has 0 heterocycles. The van der Waals surface area contributed by atoms with Gasteiger partial charge in [0.05, 0.1) is 16.1 Å². The van der Waals surface area contributed by atoms with Gasteiger partial charge < -0.3 is 0 Å². The van der Waals surface area contributed by atoms with Crippen molar-refractivity contribution in [3.05, 3.63) is 118 Å². The van der Waals surface area contributed by atoms with Crippen LogP contribution in [0, 0.1) is 17.3 Å². The molecule has 0 bridgehead atoms. The van der Waals surface area contributed by atoms with Crippen molar-refractivity contribution in [3.63, 3.8) is 0 Å². The summed E-state index contributed by atoms with van der Waals surface area (Å²) < 4.78 is 0. The van der Waals surface area contributed by atoms with Gasteiger partial charge in [0.1, 0.15) is 0 Å². The van der Waals surface area contributed by atoms with Crippen LogP contribution in [0.1, 0.15) is 62.8 Å². The molecule has 0 saturated carbocycles. The maximum atomic E-state index is 2.63. The van der Waals surface area contributed by atoms with Crippen molar-refractivity contribution < 1.29 is 0 Å². The van der Waals surface area contributed by atoms with E-state index in [-0.39, 0.29) is 5.41 Å². The topological polar surface area (TPSA) is 0 Å². The molecule has 0 aliphatic heterocycles. The second-order valence-electron chi connectivity index (χ2n) is 17.4. The highest BCUT2D eigenvalue weighted by molar-refractivity contribution is 6.89. The molecule has 0 fully saturated rings. The molecule has 0 nitrogen and oxygen atoms in total. The van der Waals surface area contributed by atoms with Gasteiger partial charge in [-0.05, 0) is 82.0 Å². The van der Waals surface area contributed by atoms with Crippen LogP contribution in [0.5, 0.6) is 0 Å². The van der Waals surface area contributed by atoms with Gasteiger partial charge in [-0.15, -0.1) is 0 Å². The molecular formula is C45H56Si2. The summed E-state index contributed by atoms with van der Waals surface area (Å²) in [6.45, 7) is 24.3. The predicted octanol–water partition coefficient (Wildman–Crippen LogP) is 11.8. The molecule has 0 amide bonds. The van der Waals surface area contributed by atoms with Crippen molar-refractivity contribution >= 4 is 38.7 Å². The smallest absolute Gasteiger partial charge is 0.0656 e. The van der Waals surface area contributed by atoms with Gasteiger partial charge in [0.2, 0.25) is 0 Å². The average molecular weight is 653 g/mol. The van der Waals surface area contributed by atoms with Gasteiger partial charge in [0.25, 0.3) is 0 Å². The molecule has 0 aromatic heterocycles. The molecule has 4 aromatic rings. The van der Waals surface area contributed by atoms with Crippen molar-refractivity contribution in [2.24, 2.45) is 17.3 Å². The second kappa shape index (κ2) is 12.7. The average Bonchev–Trinajstić information content (AvgIpc) is 3.65. The second-order valence-corrected chi connectivity index (χ2v) is 27.5. The molecular weight excluding hydrogens is 597 g/mol. The van der Waals surface area contributed by atoms with Gasteiger partial charge in [-0.2, -0.15) is 0 Å². The Bertz CT molecular complexity index is 1680. The lowest BCUT2D eigenvalue weighted by Crippen LogP contribution is -2.37. The van der Waals surface area contributed by atoms with Gasteiger partial charge in [0.15, 0.2) is 0 Å². The molecule has 2 aliphatic carbocycles. The minimum absolute atomic E-state index is 0.0400. The quantitative estimate of drug-likeness (QED) is 0.150. The van der Waals surface area contributed by atoms with E-state index < -0.39 is 16.1 Å². The molecule has 0 saturated heterocycles. The molecule has 0 radical (unpaired) electrons. The molecule has 4 aromatic carbocycles. The lowest BCUT2D eigenvalue weighted by molar-refractivity contribution is 0.273. The van der Waals surface area contributed by atoms with Gasteiger partial charge in [-0.25, -0.2) is 0 Å². The molecule has 2 heteroatoms. The fraction of sp³-hybridized carbons (Fsp3) is 0.378. The Hall–Kier alpha value is -3.21. The van der Waals surface area contributed by atoms with Crippen molar-refractivity contribution in [1.29, 1.82) is 0 Å². The lowest BCUT2D eigenvalue weighted by Gasteiger charge is -2.40. The Labute approximate surface area is 288 Å². The molecule has 47 heavy (non-hydrogen) atoms. The highest BCUT2D eigenvalue weighted by Gasteiger charge is 2.42. The van der Waals surface area contributed by atoms with Crippen LogP contribution in [-0.4, -0.2) is 16.1 Å². The maximum Gasteiger partial charge on any atom is 0.0775 e. The Morgan fingerprint density at radius 3 is 1.19 bits per heavy atom. The number of hydrogen-bond acceptors (Lipinski definition) is 0. The summed E-state index contributed by atoms with van der Waals surface area (Å²) in [5.74, 6) is 1.20. The monoisotopic (exact) mass is 652 g/mol. The van der Waals surface area contributed by atoms with E-state index in [0.29, 0.717) is 11.8 Å². The Kier molecular flexibility index (Phi) is 9.08. The number of allylic oxidation sites excluding steroid dienone is 2. The van der Waals surface area contributed by atoms with E-state index in [1.165, 1.54) is 67.7 Å². The zero-order valence-electron chi connectivity index (χ0n) is 30.7. The first kappa shape index (κ1) is 33.7. The Morgan fingerprint density at radius 1 is 0.511 bits per heavy atom. The Balaban J connectivity index is 1.45. The third-order valence-electron chi connectivity index (χ3n) is 10.7. The van der Waals surface area contributed by atoms with Crippen LogP contribution in [0.4, 0.5) is 0 Å². The summed E-state index contributed by atoms with van der Waals surface area (Å²) in [4.78, 5) is 0. The van der Waals surface area contributed by atoms with Gasteiger partial charge in [0, 0.05) is 5.41 Å². The summed E-state index contributed by atoms with van der Waals surface area (Å²) in [5, 5.41) is 3.05. The van der Waals surface area contributed by atoms with Crippen molar-refractivity contribution in [2.75, 3.05) is 0 Å². The SMILES string of the molecule is CC(C)CC(CC(C)C)(C1=Cc2c(cccc2-c2ccc([Si](C)(C)C)cc2)C1)C1=Cc2c(cccc2-c2ccc([Si](C)(C)C)cc2)C1. The molecule has 6 rings (SSSR count). The van der Waals surface area contributed by atoms with Gasteiger partial charge in [-0.3, -0.25) is 0 Å².